The SMILES string of the molecule is C=CCCc1sccc1CCC.C=C[CH2-].CCCc1ccsc1CBr.CCCc1ccsc1CCC1CO1.[Br-].[Mg+2]. The van der Waals surface area contributed by atoms with Crippen LogP contribution in [0.3, 0.4) is 0 Å². The Morgan fingerprint density at radius 2 is 1.23 bits per heavy atom. The second-order valence-corrected chi connectivity index (χ2v) is 12.7. The van der Waals surface area contributed by atoms with E-state index < -0.39 is 0 Å². The van der Waals surface area contributed by atoms with Gasteiger partial charge in [-0.15, -0.1) is 40.6 Å². The molecule has 1 aliphatic heterocycles. The molecule has 1 nitrogen and oxygen atoms in total. The first-order valence-corrected chi connectivity index (χ1v) is 17.7. The minimum Gasteiger partial charge on any atom is -1.00 e. The van der Waals surface area contributed by atoms with Crippen LogP contribution in [0.15, 0.2) is 59.6 Å². The molecule has 1 aliphatic rings. The molecular weight excluding hydrogens is 693 g/mol. The van der Waals surface area contributed by atoms with E-state index in [2.05, 4.69) is 91.1 Å². The van der Waals surface area contributed by atoms with Crippen LogP contribution < -0.4 is 17.0 Å². The summed E-state index contributed by atoms with van der Waals surface area (Å²) in [6.07, 6.45) is 16.2. The van der Waals surface area contributed by atoms with Gasteiger partial charge in [-0.3, -0.25) is 0 Å². The van der Waals surface area contributed by atoms with Crippen molar-refractivity contribution in [2.45, 2.75) is 96.4 Å². The molecule has 0 saturated carbocycles. The van der Waals surface area contributed by atoms with Crippen molar-refractivity contribution in [3.8, 4) is 0 Å². The van der Waals surface area contributed by atoms with Crippen molar-refractivity contribution in [2.75, 3.05) is 6.61 Å². The molecule has 0 N–H and O–H groups in total. The van der Waals surface area contributed by atoms with Gasteiger partial charge in [-0.1, -0.05) is 62.0 Å². The predicted octanol–water partition coefficient (Wildman–Crippen LogP) is 8.08. The Hall–Kier alpha value is 0.136. The first-order valence-electron chi connectivity index (χ1n) is 13.9. The second kappa shape index (κ2) is 27.9. The molecule has 7 heteroatoms. The smallest absolute Gasteiger partial charge is 1.00 e. The van der Waals surface area contributed by atoms with E-state index in [0.29, 0.717) is 6.10 Å². The Morgan fingerprint density at radius 1 is 0.825 bits per heavy atom. The van der Waals surface area contributed by atoms with E-state index in [0.717, 1.165) is 18.4 Å². The van der Waals surface area contributed by atoms with Gasteiger partial charge < -0.3 is 21.7 Å². The van der Waals surface area contributed by atoms with E-state index in [4.69, 9.17) is 4.74 Å². The Kier molecular flexibility index (Phi) is 29.5. The minimum absolute atomic E-state index is 0. The van der Waals surface area contributed by atoms with Gasteiger partial charge in [-0.05, 0) is 96.0 Å². The average Bonchev–Trinajstić information content (AvgIpc) is 3.25. The molecule has 0 amide bonds. The van der Waals surface area contributed by atoms with Crippen LogP contribution in [0.5, 0.6) is 0 Å². The molecular formula is C33H48Br2MgOS3. The normalized spacial score (nSPS) is 12.6. The maximum absolute atomic E-state index is 5.21. The fourth-order valence-electron chi connectivity index (χ4n) is 3.89. The van der Waals surface area contributed by atoms with Crippen molar-refractivity contribution in [1.82, 2.24) is 0 Å². The van der Waals surface area contributed by atoms with Gasteiger partial charge in [0, 0.05) is 20.0 Å². The zero-order chi connectivity index (χ0) is 28.0. The molecule has 220 valence electrons. The third-order valence-corrected chi connectivity index (χ3v) is 9.80. The second-order valence-electron chi connectivity index (χ2n) is 9.10. The van der Waals surface area contributed by atoms with E-state index in [1.807, 2.05) is 40.1 Å². The van der Waals surface area contributed by atoms with Crippen molar-refractivity contribution in [3.05, 3.63) is 97.9 Å². The number of allylic oxidation sites excluding steroid dienone is 2. The third-order valence-electron chi connectivity index (χ3n) is 5.86. The van der Waals surface area contributed by atoms with E-state index in [1.54, 1.807) is 20.9 Å². The van der Waals surface area contributed by atoms with Crippen LogP contribution in [0.1, 0.15) is 84.2 Å². The Labute approximate surface area is 293 Å². The monoisotopic (exact) mass is 738 g/mol. The van der Waals surface area contributed by atoms with Crippen LogP contribution in [0.25, 0.3) is 0 Å². The van der Waals surface area contributed by atoms with Crippen LogP contribution in [0.2, 0.25) is 0 Å². The van der Waals surface area contributed by atoms with Crippen LogP contribution >= 0.6 is 49.9 Å². The van der Waals surface area contributed by atoms with Gasteiger partial charge in [0.15, 0.2) is 0 Å². The average molecular weight is 741 g/mol. The molecule has 1 saturated heterocycles. The van der Waals surface area contributed by atoms with Gasteiger partial charge in [0.25, 0.3) is 0 Å². The van der Waals surface area contributed by atoms with Gasteiger partial charge in [0.2, 0.25) is 0 Å². The molecule has 3 aromatic heterocycles. The number of hydrogen-bond donors (Lipinski definition) is 0. The Bertz CT molecular complexity index is 991. The minimum atomic E-state index is 0. The van der Waals surface area contributed by atoms with Crippen molar-refractivity contribution in [3.63, 3.8) is 0 Å². The van der Waals surface area contributed by atoms with Crippen LogP contribution in [0, 0.1) is 6.92 Å². The Morgan fingerprint density at radius 3 is 1.60 bits per heavy atom. The van der Waals surface area contributed by atoms with Gasteiger partial charge >= 0.3 is 23.1 Å². The maximum Gasteiger partial charge on any atom is 2.00 e. The molecule has 3 aromatic rings. The van der Waals surface area contributed by atoms with Gasteiger partial charge in [0.1, 0.15) is 0 Å². The largest absolute Gasteiger partial charge is 2.00 e. The van der Waals surface area contributed by atoms with Gasteiger partial charge in [0.05, 0.1) is 12.7 Å². The van der Waals surface area contributed by atoms with Gasteiger partial charge in [-0.2, -0.15) is 0 Å². The molecule has 4 rings (SSSR count). The van der Waals surface area contributed by atoms with Crippen LogP contribution in [-0.4, -0.2) is 35.8 Å². The molecule has 0 spiro atoms. The number of halogens is 2. The number of hydrogen-bond acceptors (Lipinski definition) is 4. The third kappa shape index (κ3) is 18.6. The van der Waals surface area contributed by atoms with E-state index in [-0.39, 0.29) is 40.0 Å². The molecule has 0 radical (unpaired) electrons. The summed E-state index contributed by atoms with van der Waals surface area (Å²) in [5.41, 5.74) is 4.63. The quantitative estimate of drug-likeness (QED) is 0.0568. The first-order chi connectivity index (χ1) is 18.6. The molecule has 1 fully saturated rings. The zero-order valence-electron chi connectivity index (χ0n) is 24.9. The summed E-state index contributed by atoms with van der Waals surface area (Å²) in [6, 6.07) is 6.76. The number of rotatable bonds is 13. The van der Waals surface area contributed by atoms with Crippen molar-refractivity contribution in [1.29, 1.82) is 0 Å². The molecule has 1 atom stereocenters. The molecule has 40 heavy (non-hydrogen) atoms. The number of aryl methyl sites for hydroxylation is 5. The topological polar surface area (TPSA) is 12.5 Å². The number of ether oxygens (including phenoxy) is 1. The molecule has 0 aliphatic carbocycles. The molecule has 0 bridgehead atoms. The molecule has 1 unspecified atom stereocenters. The predicted molar refractivity (Wildman–Crippen MR) is 185 cm³/mol. The van der Waals surface area contributed by atoms with Crippen LogP contribution in [-0.2, 0) is 42.2 Å². The van der Waals surface area contributed by atoms with Gasteiger partial charge in [-0.25, -0.2) is 19.6 Å². The van der Waals surface area contributed by atoms with Crippen molar-refractivity contribution >= 4 is 73.0 Å². The summed E-state index contributed by atoms with van der Waals surface area (Å²) in [7, 11) is 0. The van der Waals surface area contributed by atoms with Crippen LogP contribution in [0.4, 0.5) is 0 Å². The van der Waals surface area contributed by atoms with E-state index in [1.165, 1.54) is 74.3 Å². The summed E-state index contributed by atoms with van der Waals surface area (Å²) in [5.74, 6) is 0. The number of epoxide rings is 1. The summed E-state index contributed by atoms with van der Waals surface area (Å²) in [6.45, 7) is 17.9. The summed E-state index contributed by atoms with van der Waals surface area (Å²) in [5, 5.41) is 7.60. The zero-order valence-corrected chi connectivity index (χ0v) is 31.9. The standard InChI is InChI=1S/C11H16OS.C11H16S.C8H11BrS.C3H5.BrH.Mg/c1-2-3-9-6-7-13-11(9)5-4-10-8-12-10;1-3-5-7-11-10(6-4-2)8-9-12-11;1-2-3-7-4-5-10-8(7)6-9;1-3-2;;/h6-7,10H,2-5,8H2,1H3;3,8-9H,1,4-7H2,2H3;4-5H,2-3,6H2,1H3;3H,1-2H2;1H;/q;;;-1;;+2/p-1. The fourth-order valence-corrected chi connectivity index (χ4v) is 7.34. The van der Waals surface area contributed by atoms with Crippen molar-refractivity contribution < 1.29 is 21.7 Å². The number of alkyl halides is 1. The summed E-state index contributed by atoms with van der Waals surface area (Å²) < 4.78 is 5.21. The first kappa shape index (κ1) is 42.3. The summed E-state index contributed by atoms with van der Waals surface area (Å²) >= 11 is 9.10. The fraction of sp³-hybridized carbons (Fsp3) is 0.485. The Balaban J connectivity index is 0. The van der Waals surface area contributed by atoms with E-state index in [9.17, 15) is 0 Å². The van der Waals surface area contributed by atoms with Crippen molar-refractivity contribution in [2.24, 2.45) is 0 Å². The molecule has 4 heterocycles. The maximum atomic E-state index is 5.21. The number of thiophene rings is 3. The summed E-state index contributed by atoms with van der Waals surface area (Å²) in [4.78, 5) is 4.62. The van der Waals surface area contributed by atoms with E-state index >= 15 is 0 Å². The molecule has 0 aromatic carbocycles.